The third kappa shape index (κ3) is 3.18. The van der Waals surface area contributed by atoms with Crippen molar-refractivity contribution in [3.05, 3.63) is 40.2 Å². The van der Waals surface area contributed by atoms with E-state index in [0.717, 1.165) is 30.3 Å². The van der Waals surface area contributed by atoms with Crippen molar-refractivity contribution in [2.24, 2.45) is 0 Å². The molecule has 4 heteroatoms. The van der Waals surface area contributed by atoms with E-state index in [-0.39, 0.29) is 0 Å². The minimum absolute atomic E-state index is 0.796. The number of hydrogen-bond donors (Lipinski definition) is 1. The third-order valence-electron chi connectivity index (χ3n) is 2.10. The van der Waals surface area contributed by atoms with Crippen LogP contribution in [0.4, 0.5) is 0 Å². The van der Waals surface area contributed by atoms with Crippen LogP contribution >= 0.6 is 11.3 Å². The molecular weight excluding hydrogens is 208 g/mol. The normalized spacial score (nSPS) is 10.7. The number of hydrogen-bond acceptors (Lipinski definition) is 4. The lowest BCUT2D eigenvalue weighted by Crippen LogP contribution is -2.15. The molecule has 0 aromatic carbocycles. The van der Waals surface area contributed by atoms with Gasteiger partial charge in [0.1, 0.15) is 5.76 Å². The molecule has 0 aliphatic rings. The van der Waals surface area contributed by atoms with E-state index in [2.05, 4.69) is 10.3 Å². The fourth-order valence-electron chi connectivity index (χ4n) is 1.36. The Labute approximate surface area is 93.2 Å². The van der Waals surface area contributed by atoms with Crippen molar-refractivity contribution in [3.63, 3.8) is 0 Å². The molecule has 2 aromatic rings. The molecule has 15 heavy (non-hydrogen) atoms. The second kappa shape index (κ2) is 5.09. The van der Waals surface area contributed by atoms with Gasteiger partial charge in [0, 0.05) is 17.6 Å². The van der Waals surface area contributed by atoms with Crippen molar-refractivity contribution in [2.45, 2.75) is 19.9 Å². The third-order valence-corrected chi connectivity index (χ3v) is 3.07. The first-order valence-corrected chi connectivity index (χ1v) is 5.80. The Kier molecular flexibility index (Phi) is 3.53. The van der Waals surface area contributed by atoms with E-state index >= 15 is 0 Å². The molecule has 0 fully saturated rings. The Morgan fingerprint density at radius 3 is 3.13 bits per heavy atom. The molecule has 0 aliphatic carbocycles. The standard InChI is InChI=1S/C11H14N2OS/c1-9-13-8-11(15-9)4-5-12-7-10-3-2-6-14-10/h2-3,6,8,12H,4-5,7H2,1H3. The minimum atomic E-state index is 0.796. The number of furan rings is 1. The van der Waals surface area contributed by atoms with Crippen molar-refractivity contribution in [3.8, 4) is 0 Å². The first-order valence-electron chi connectivity index (χ1n) is 4.99. The van der Waals surface area contributed by atoms with Crippen LogP contribution in [0.1, 0.15) is 15.6 Å². The van der Waals surface area contributed by atoms with Gasteiger partial charge in [-0.1, -0.05) is 0 Å². The van der Waals surface area contributed by atoms with Crippen molar-refractivity contribution in [1.29, 1.82) is 0 Å². The van der Waals surface area contributed by atoms with Gasteiger partial charge >= 0.3 is 0 Å². The molecule has 2 aromatic heterocycles. The van der Waals surface area contributed by atoms with E-state index in [1.165, 1.54) is 4.88 Å². The van der Waals surface area contributed by atoms with Crippen LogP contribution in [0.2, 0.25) is 0 Å². The van der Waals surface area contributed by atoms with E-state index in [4.69, 9.17) is 4.42 Å². The highest BCUT2D eigenvalue weighted by atomic mass is 32.1. The summed E-state index contributed by atoms with van der Waals surface area (Å²) in [5, 5.41) is 4.47. The molecule has 0 bridgehead atoms. The molecule has 2 rings (SSSR count). The number of aryl methyl sites for hydroxylation is 1. The summed E-state index contributed by atoms with van der Waals surface area (Å²) in [6.45, 7) is 3.79. The van der Waals surface area contributed by atoms with E-state index in [0.29, 0.717) is 0 Å². The van der Waals surface area contributed by atoms with Crippen LogP contribution in [0.25, 0.3) is 0 Å². The molecule has 3 nitrogen and oxygen atoms in total. The largest absolute Gasteiger partial charge is 0.468 e. The number of thiazole rings is 1. The van der Waals surface area contributed by atoms with Crippen LogP contribution in [0.3, 0.4) is 0 Å². The molecule has 0 aliphatic heterocycles. The topological polar surface area (TPSA) is 38.1 Å². The Morgan fingerprint density at radius 1 is 1.53 bits per heavy atom. The number of nitrogens with one attached hydrogen (secondary N) is 1. The van der Waals surface area contributed by atoms with Gasteiger partial charge in [0.25, 0.3) is 0 Å². The summed E-state index contributed by atoms with van der Waals surface area (Å²) in [5.41, 5.74) is 0. The fourth-order valence-corrected chi connectivity index (χ4v) is 2.15. The highest BCUT2D eigenvalue weighted by molar-refractivity contribution is 7.11. The quantitative estimate of drug-likeness (QED) is 0.789. The molecule has 0 saturated carbocycles. The van der Waals surface area contributed by atoms with Gasteiger partial charge in [-0.05, 0) is 25.5 Å². The van der Waals surface area contributed by atoms with E-state index in [9.17, 15) is 0 Å². The summed E-state index contributed by atoms with van der Waals surface area (Å²) < 4.78 is 5.22. The smallest absolute Gasteiger partial charge is 0.117 e. The Hall–Kier alpha value is -1.13. The first kappa shape index (κ1) is 10.4. The van der Waals surface area contributed by atoms with Crippen LogP contribution in [0.5, 0.6) is 0 Å². The number of aromatic nitrogens is 1. The zero-order chi connectivity index (χ0) is 10.5. The second-order valence-electron chi connectivity index (χ2n) is 3.35. The second-order valence-corrected chi connectivity index (χ2v) is 4.67. The molecule has 0 saturated heterocycles. The lowest BCUT2D eigenvalue weighted by molar-refractivity contribution is 0.484. The maximum atomic E-state index is 5.22. The van der Waals surface area contributed by atoms with Crippen molar-refractivity contribution >= 4 is 11.3 Å². The predicted molar refractivity (Wildman–Crippen MR) is 61.0 cm³/mol. The van der Waals surface area contributed by atoms with Gasteiger partial charge in [-0.15, -0.1) is 11.3 Å². The molecule has 0 radical (unpaired) electrons. The lowest BCUT2D eigenvalue weighted by Gasteiger charge is -2.00. The van der Waals surface area contributed by atoms with Gasteiger partial charge in [0.05, 0.1) is 17.8 Å². The van der Waals surface area contributed by atoms with Crippen LogP contribution in [0, 0.1) is 6.92 Å². The minimum Gasteiger partial charge on any atom is -0.468 e. The van der Waals surface area contributed by atoms with Gasteiger partial charge in [-0.2, -0.15) is 0 Å². The maximum Gasteiger partial charge on any atom is 0.117 e. The molecule has 0 unspecified atom stereocenters. The monoisotopic (exact) mass is 222 g/mol. The summed E-state index contributed by atoms with van der Waals surface area (Å²) in [7, 11) is 0. The van der Waals surface area contributed by atoms with E-state index in [1.807, 2.05) is 25.3 Å². The zero-order valence-electron chi connectivity index (χ0n) is 8.69. The highest BCUT2D eigenvalue weighted by Gasteiger charge is 1.98. The summed E-state index contributed by atoms with van der Waals surface area (Å²) in [6.07, 6.45) is 4.68. The summed E-state index contributed by atoms with van der Waals surface area (Å²) in [4.78, 5) is 5.55. The molecule has 2 heterocycles. The Balaban J connectivity index is 1.67. The highest BCUT2D eigenvalue weighted by Crippen LogP contribution is 2.11. The fraction of sp³-hybridized carbons (Fsp3) is 0.364. The van der Waals surface area contributed by atoms with Gasteiger partial charge in [-0.3, -0.25) is 0 Å². The number of nitrogens with zero attached hydrogens (tertiary/aromatic N) is 1. The average molecular weight is 222 g/mol. The maximum absolute atomic E-state index is 5.22. The van der Waals surface area contributed by atoms with Gasteiger partial charge in [0.15, 0.2) is 0 Å². The SMILES string of the molecule is Cc1ncc(CCNCc2ccco2)s1. The summed E-state index contributed by atoms with van der Waals surface area (Å²) in [5.74, 6) is 0.982. The summed E-state index contributed by atoms with van der Waals surface area (Å²) >= 11 is 1.76. The first-order chi connectivity index (χ1) is 7.34. The molecular formula is C11H14N2OS. The lowest BCUT2D eigenvalue weighted by atomic mass is 10.3. The van der Waals surface area contributed by atoms with Crippen LogP contribution in [0.15, 0.2) is 29.0 Å². The van der Waals surface area contributed by atoms with Crippen LogP contribution in [-0.2, 0) is 13.0 Å². The number of rotatable bonds is 5. The van der Waals surface area contributed by atoms with Crippen molar-refractivity contribution in [1.82, 2.24) is 10.3 Å². The zero-order valence-corrected chi connectivity index (χ0v) is 9.51. The van der Waals surface area contributed by atoms with E-state index in [1.54, 1.807) is 17.6 Å². The molecule has 0 atom stereocenters. The molecule has 0 amide bonds. The predicted octanol–water partition coefficient (Wildman–Crippen LogP) is 2.38. The Morgan fingerprint density at radius 2 is 2.47 bits per heavy atom. The van der Waals surface area contributed by atoms with E-state index < -0.39 is 0 Å². The molecule has 1 N–H and O–H groups in total. The van der Waals surface area contributed by atoms with Gasteiger partial charge in [-0.25, -0.2) is 4.98 Å². The molecule has 0 spiro atoms. The van der Waals surface area contributed by atoms with Gasteiger partial charge < -0.3 is 9.73 Å². The summed E-state index contributed by atoms with van der Waals surface area (Å²) in [6, 6.07) is 3.88. The van der Waals surface area contributed by atoms with Crippen molar-refractivity contribution in [2.75, 3.05) is 6.54 Å². The average Bonchev–Trinajstić information content (AvgIpc) is 2.84. The van der Waals surface area contributed by atoms with Crippen LogP contribution in [-0.4, -0.2) is 11.5 Å². The Bertz CT molecular complexity index is 394. The van der Waals surface area contributed by atoms with Crippen molar-refractivity contribution < 1.29 is 4.42 Å². The van der Waals surface area contributed by atoms with Crippen LogP contribution < -0.4 is 5.32 Å². The molecule has 80 valence electrons. The van der Waals surface area contributed by atoms with Gasteiger partial charge in [0.2, 0.25) is 0 Å².